The van der Waals surface area contributed by atoms with E-state index in [0.29, 0.717) is 10.3 Å². The van der Waals surface area contributed by atoms with Crippen LogP contribution in [-0.2, 0) is 51.2 Å². The summed E-state index contributed by atoms with van der Waals surface area (Å²) in [5.74, 6) is -6.90. The Bertz CT molecular complexity index is 4540. The standard InChI is InChI=1S/C63H68N14O19S5/c1-25(79)42-55(86)74-43(26(2)91-7)58-70-37(24-99-58)54(85)75-46-48-49(96-40-14-63(4,89)50(76(5)6)27(3)95-40)62(88)93-17-28-9-8-10-38-41(28)31(18-92-48)47(77(38)90)61(87)94-19-32(66-52(83)35-23-101-60(46)71-35)57-67-33(20-98-57)44-30(56-68-36(22-97-56)53(84)73-42)13-39(81)45(72-44)59-69-34(21-100-59)51(82)65-12-11-64-15-29(80)16-78/h8-10,13,20-25,27,29,32,40,42,46,48-50,64,78-81,89-90H,11-12,14-19H2,1-7H3,(H,65,82)(H,66,83)(H,73,84)(H,74,86)(H,75,85)/b43-26+. The highest BCUT2D eigenvalue weighted by molar-refractivity contribution is 7.14. The molecule has 11 atom stereocenters. The summed E-state index contributed by atoms with van der Waals surface area (Å²) in [6.45, 7) is 4.26. The third kappa shape index (κ3) is 14.9. The van der Waals surface area contributed by atoms with E-state index in [4.69, 9.17) is 48.5 Å². The fourth-order valence-corrected chi connectivity index (χ4v) is 16.3. The summed E-state index contributed by atoms with van der Waals surface area (Å²) in [7, 11) is 4.85. The monoisotopic (exact) mass is 1480 g/mol. The van der Waals surface area contributed by atoms with Crippen LogP contribution in [0.4, 0.5) is 0 Å². The van der Waals surface area contributed by atoms with Gasteiger partial charge in [-0.2, -0.15) is 4.73 Å². The molecule has 38 heteroatoms. The maximum atomic E-state index is 15.2. The number of esters is 2. The van der Waals surface area contributed by atoms with Crippen molar-refractivity contribution in [3.8, 4) is 38.4 Å². The second-order valence-electron chi connectivity index (χ2n) is 24.3. The zero-order valence-corrected chi connectivity index (χ0v) is 58.8. The summed E-state index contributed by atoms with van der Waals surface area (Å²) in [4.78, 5) is 133. The SMILES string of the molecule is CO/C(C)=C1/NC(=O)C(C(C)O)NC(=O)c2csc(n2)-c2cc(O)c(-c3nc(C(=O)NCCNCC(O)CO)cs3)nc2-c2csc(n2)C2COC(=O)c3c4c5c(cccc5n3O)COC(=O)C(OC3CC(C)(O)C(N(C)C)C(C)O3)C(OC4)C(NC(=O)c3csc1n3)c1nc(cs1)C(=O)N2. The van der Waals surface area contributed by atoms with Crippen molar-refractivity contribution in [1.82, 2.24) is 71.4 Å². The van der Waals surface area contributed by atoms with Gasteiger partial charge in [0.1, 0.15) is 120 Å². The molecular weight excluding hydrogens is 1420 g/mol. The Hall–Kier alpha value is -8.87. The van der Waals surface area contributed by atoms with Crippen molar-refractivity contribution >= 4 is 115 Å². The van der Waals surface area contributed by atoms with Gasteiger partial charge in [0, 0.05) is 69.5 Å². The van der Waals surface area contributed by atoms with Crippen molar-refractivity contribution in [1.29, 1.82) is 0 Å². The number of hydrogen-bond donors (Lipinski definition) is 12. The number of pyridine rings is 1. The number of nitrogens with one attached hydrogen (secondary N) is 6. The molecule has 0 aliphatic carbocycles. The van der Waals surface area contributed by atoms with E-state index in [0.717, 1.165) is 56.7 Å². The molecule has 12 bridgehead atoms. The molecule has 534 valence electrons. The molecule has 7 aromatic heterocycles. The minimum atomic E-state index is -1.92. The van der Waals surface area contributed by atoms with Crippen molar-refractivity contribution < 1.29 is 92.7 Å². The molecule has 1 saturated heterocycles. The smallest absolute Gasteiger partial charge is 0.358 e. The summed E-state index contributed by atoms with van der Waals surface area (Å²) >= 11 is 4.60. The van der Waals surface area contributed by atoms with Gasteiger partial charge in [-0.25, -0.2) is 39.5 Å². The number of thiazole rings is 5. The van der Waals surface area contributed by atoms with Crippen LogP contribution < -0.4 is 31.9 Å². The molecule has 12 N–H and O–H groups in total. The van der Waals surface area contributed by atoms with Crippen LogP contribution in [0.3, 0.4) is 0 Å². The second kappa shape index (κ2) is 30.0. The van der Waals surface area contributed by atoms with Crippen LogP contribution >= 0.6 is 56.7 Å². The Morgan fingerprint density at radius 2 is 1.52 bits per heavy atom. The van der Waals surface area contributed by atoms with Gasteiger partial charge < -0.3 is 96.0 Å². The Morgan fingerprint density at radius 1 is 0.842 bits per heavy atom. The number of methoxy groups -OCH3 is 1. The minimum Gasteiger partial charge on any atom is -0.506 e. The molecule has 1 aromatic carbocycles. The highest BCUT2D eigenvalue weighted by Gasteiger charge is 2.50. The van der Waals surface area contributed by atoms with Gasteiger partial charge in [0.25, 0.3) is 23.6 Å². The van der Waals surface area contributed by atoms with Crippen LogP contribution in [0, 0.1) is 0 Å². The Labute approximate surface area is 593 Å². The summed E-state index contributed by atoms with van der Waals surface area (Å²) in [6.07, 6.45) is -8.53. The van der Waals surface area contributed by atoms with Crippen LogP contribution in [0.1, 0.15) is 125 Å². The zero-order valence-electron chi connectivity index (χ0n) is 54.7. The number of aromatic hydroxyl groups is 1. The van der Waals surface area contributed by atoms with Crippen molar-refractivity contribution in [3.63, 3.8) is 0 Å². The lowest BCUT2D eigenvalue weighted by Gasteiger charge is -2.48. The molecule has 12 rings (SSSR count). The first-order chi connectivity index (χ1) is 48.3. The first-order valence-electron chi connectivity index (χ1n) is 31.3. The lowest BCUT2D eigenvalue weighted by Crippen LogP contribution is -2.62. The molecule has 1 fully saturated rings. The third-order valence-corrected chi connectivity index (χ3v) is 21.4. The summed E-state index contributed by atoms with van der Waals surface area (Å²) < 4.78 is 38.3. The number of benzene rings is 1. The number of amides is 5. The Kier molecular flexibility index (Phi) is 21.4. The van der Waals surface area contributed by atoms with Crippen LogP contribution in [0.25, 0.3) is 49.3 Å². The number of hydrogen-bond acceptors (Lipinski definition) is 32. The lowest BCUT2D eigenvalue weighted by molar-refractivity contribution is -0.280. The largest absolute Gasteiger partial charge is 0.506 e. The van der Waals surface area contributed by atoms with Gasteiger partial charge >= 0.3 is 11.9 Å². The predicted molar refractivity (Wildman–Crippen MR) is 363 cm³/mol. The molecule has 0 spiro atoms. The molecule has 11 heterocycles. The molecule has 4 aliphatic heterocycles. The second-order valence-corrected chi connectivity index (χ2v) is 28.7. The molecule has 4 aliphatic rings. The number of cyclic esters (lactones) is 2. The Balaban J connectivity index is 1.01. The topological polar surface area (TPSA) is 454 Å². The van der Waals surface area contributed by atoms with Crippen LogP contribution in [-0.4, -0.2) is 220 Å². The lowest BCUT2D eigenvalue weighted by atomic mass is 9.85. The van der Waals surface area contributed by atoms with E-state index in [1.807, 2.05) is 0 Å². The van der Waals surface area contributed by atoms with Crippen LogP contribution in [0.5, 0.6) is 5.75 Å². The summed E-state index contributed by atoms with van der Waals surface area (Å²) in [5, 5.41) is 90.1. The van der Waals surface area contributed by atoms with E-state index in [2.05, 4.69) is 46.9 Å². The van der Waals surface area contributed by atoms with E-state index in [9.17, 15) is 40.0 Å². The molecule has 5 amide bonds. The number of fused-ring (bicyclic) bond motifs is 15. The summed E-state index contributed by atoms with van der Waals surface area (Å²) in [6, 6.07) is 0.716. The van der Waals surface area contributed by atoms with E-state index in [1.165, 1.54) is 54.6 Å². The maximum Gasteiger partial charge on any atom is 0.358 e. The zero-order chi connectivity index (χ0) is 71.9. The Morgan fingerprint density at radius 3 is 2.26 bits per heavy atom. The molecule has 11 unspecified atom stereocenters. The number of allylic oxidation sites excluding steroid dienone is 1. The fourth-order valence-electron chi connectivity index (χ4n) is 12.2. The van der Waals surface area contributed by atoms with E-state index < -0.39 is 146 Å². The van der Waals surface area contributed by atoms with Crippen molar-refractivity contribution in [3.05, 3.63) is 112 Å². The van der Waals surface area contributed by atoms with Crippen LogP contribution in [0.2, 0.25) is 0 Å². The molecule has 8 aromatic rings. The molecule has 101 heavy (non-hydrogen) atoms. The van der Waals surface area contributed by atoms with E-state index in [-0.39, 0.29) is 124 Å². The van der Waals surface area contributed by atoms with Gasteiger partial charge in [-0.05, 0) is 59.5 Å². The van der Waals surface area contributed by atoms with Gasteiger partial charge in [-0.15, -0.1) is 56.7 Å². The number of rotatable bonds is 13. The van der Waals surface area contributed by atoms with Gasteiger partial charge in [0.15, 0.2) is 18.1 Å². The average Bonchev–Trinajstić information content (AvgIpc) is 1.42. The average molecular weight is 1490 g/mol. The first kappa shape index (κ1) is 71.9. The van der Waals surface area contributed by atoms with Crippen LogP contribution in [0.15, 0.2) is 56.9 Å². The molecular formula is C63H68N14O19S5. The van der Waals surface area contributed by atoms with Gasteiger partial charge in [-0.3, -0.25) is 24.0 Å². The van der Waals surface area contributed by atoms with Crippen molar-refractivity contribution in [2.45, 2.75) is 114 Å². The number of likely N-dealkylation sites (N-methyl/N-ethyl adjacent to an activating group) is 1. The first-order valence-corrected chi connectivity index (χ1v) is 35.7. The van der Waals surface area contributed by atoms with E-state index in [1.54, 1.807) is 50.4 Å². The maximum absolute atomic E-state index is 15.2. The van der Waals surface area contributed by atoms with E-state index >= 15 is 19.2 Å². The highest BCUT2D eigenvalue weighted by atomic mass is 32.1. The summed E-state index contributed by atoms with van der Waals surface area (Å²) in [5.41, 5.74) is -2.48. The van der Waals surface area contributed by atoms with Gasteiger partial charge in [0.05, 0.1) is 55.8 Å². The molecule has 0 radical (unpaired) electrons. The minimum absolute atomic E-state index is 0.00657. The number of aromatic nitrogens is 7. The number of ether oxygens (including phenoxy) is 6. The predicted octanol–water partition coefficient (Wildman–Crippen LogP) is 2.84. The number of aliphatic hydroxyl groups is 4. The fraction of sp³-hybridized carbons (Fsp3) is 0.413. The normalized spacial score (nSPS) is 24.1. The number of nitrogens with zero attached hydrogens (tertiary/aromatic N) is 8. The van der Waals surface area contributed by atoms with Crippen molar-refractivity contribution in [2.75, 3.05) is 54.1 Å². The number of aliphatic hydroxyl groups excluding tert-OH is 3. The quantitative estimate of drug-likeness (QED) is 0.0342. The third-order valence-electron chi connectivity index (χ3n) is 16.9. The number of carbonyl (C=O) groups excluding carboxylic acids is 7. The highest BCUT2D eigenvalue weighted by Crippen LogP contribution is 2.43. The van der Waals surface area contributed by atoms with Gasteiger partial charge in [-0.1, -0.05) is 12.1 Å². The molecule has 0 saturated carbocycles. The number of carbonyl (C=O) groups is 7. The van der Waals surface area contributed by atoms with Crippen molar-refractivity contribution in [2.24, 2.45) is 0 Å². The molecule has 33 nitrogen and oxygen atoms in total. The van der Waals surface area contributed by atoms with Gasteiger partial charge in [0.2, 0.25) is 5.91 Å².